The number of phenolic OH excluding ortho intramolecular Hbond substituents is 1. The van der Waals surface area contributed by atoms with Gasteiger partial charge in [-0.2, -0.15) is 0 Å². The van der Waals surface area contributed by atoms with Gasteiger partial charge < -0.3 is 26.0 Å². The van der Waals surface area contributed by atoms with Crippen molar-refractivity contribution in [1.82, 2.24) is 5.32 Å². The predicted molar refractivity (Wildman–Crippen MR) is 92.0 cm³/mol. The molecule has 128 valence electrons. The third-order valence-corrected chi connectivity index (χ3v) is 3.70. The summed E-state index contributed by atoms with van der Waals surface area (Å²) in [6.07, 6.45) is 1.27. The van der Waals surface area contributed by atoms with Crippen LogP contribution in [0, 0.1) is 0 Å². The summed E-state index contributed by atoms with van der Waals surface area (Å²) in [5.41, 5.74) is 1.64. The lowest BCUT2D eigenvalue weighted by Crippen LogP contribution is -2.34. The maximum absolute atomic E-state index is 10.1. The van der Waals surface area contributed by atoms with E-state index >= 15 is 0 Å². The van der Waals surface area contributed by atoms with Crippen LogP contribution < -0.4 is 10.6 Å². The Labute approximate surface area is 137 Å². The molecule has 6 nitrogen and oxygen atoms in total. The smallest absolute Gasteiger partial charge is 0.196 e. The van der Waals surface area contributed by atoms with Crippen LogP contribution in [-0.4, -0.2) is 46.6 Å². The van der Waals surface area contributed by atoms with Crippen molar-refractivity contribution >= 4 is 11.6 Å². The number of aliphatic imine (C=N–C) groups is 1. The van der Waals surface area contributed by atoms with Gasteiger partial charge in [0.15, 0.2) is 5.96 Å². The Morgan fingerprint density at radius 1 is 1.35 bits per heavy atom. The van der Waals surface area contributed by atoms with Crippen molar-refractivity contribution in [1.29, 1.82) is 0 Å². The van der Waals surface area contributed by atoms with Gasteiger partial charge in [-0.15, -0.1) is 0 Å². The van der Waals surface area contributed by atoms with E-state index in [0.29, 0.717) is 17.7 Å². The van der Waals surface area contributed by atoms with E-state index in [1.54, 1.807) is 6.07 Å². The Hall–Kier alpha value is -1.79. The Kier molecular flexibility index (Phi) is 5.49. The first-order valence-corrected chi connectivity index (χ1v) is 8.00. The second-order valence-corrected chi connectivity index (χ2v) is 7.05. The van der Waals surface area contributed by atoms with Crippen LogP contribution in [0.4, 0.5) is 5.69 Å². The number of benzene rings is 1. The van der Waals surface area contributed by atoms with E-state index in [0.717, 1.165) is 18.4 Å². The van der Waals surface area contributed by atoms with Gasteiger partial charge in [-0.3, -0.25) is 4.99 Å². The molecule has 1 fully saturated rings. The van der Waals surface area contributed by atoms with Gasteiger partial charge in [0.05, 0.1) is 24.9 Å². The van der Waals surface area contributed by atoms with E-state index in [1.165, 1.54) is 0 Å². The molecule has 2 rings (SSSR count). The SMILES string of the molecule is CC(C)(C)c1ccc(O)c(NC(=NCC(O)CO)NC2CC2)c1. The minimum atomic E-state index is -0.887. The number of aliphatic hydroxyl groups excluding tert-OH is 2. The number of nitrogens with one attached hydrogen (secondary N) is 2. The van der Waals surface area contributed by atoms with Gasteiger partial charge in [-0.05, 0) is 36.0 Å². The zero-order valence-corrected chi connectivity index (χ0v) is 14.0. The topological polar surface area (TPSA) is 97.1 Å². The van der Waals surface area contributed by atoms with E-state index in [9.17, 15) is 10.2 Å². The number of aliphatic hydroxyl groups is 2. The number of aromatic hydroxyl groups is 1. The lowest BCUT2D eigenvalue weighted by Gasteiger charge is -2.21. The van der Waals surface area contributed by atoms with E-state index in [4.69, 9.17) is 5.11 Å². The Bertz CT molecular complexity index is 563. The van der Waals surface area contributed by atoms with E-state index in [2.05, 4.69) is 36.4 Å². The van der Waals surface area contributed by atoms with E-state index in [1.807, 2.05) is 12.1 Å². The fourth-order valence-electron chi connectivity index (χ4n) is 2.03. The zero-order chi connectivity index (χ0) is 17.0. The van der Waals surface area contributed by atoms with Crippen molar-refractivity contribution in [3.05, 3.63) is 23.8 Å². The van der Waals surface area contributed by atoms with Gasteiger partial charge in [0.2, 0.25) is 0 Å². The highest BCUT2D eigenvalue weighted by Gasteiger charge is 2.23. The van der Waals surface area contributed by atoms with Crippen LogP contribution in [0.25, 0.3) is 0 Å². The van der Waals surface area contributed by atoms with Crippen LogP contribution >= 0.6 is 0 Å². The van der Waals surface area contributed by atoms with Crippen molar-refractivity contribution in [3.8, 4) is 5.75 Å². The molecule has 1 aliphatic carbocycles. The molecule has 1 aliphatic rings. The zero-order valence-electron chi connectivity index (χ0n) is 14.0. The molecule has 1 atom stereocenters. The van der Waals surface area contributed by atoms with Crippen LogP contribution in [0.5, 0.6) is 5.75 Å². The molecular weight excluding hydrogens is 294 g/mol. The summed E-state index contributed by atoms with van der Waals surface area (Å²) >= 11 is 0. The van der Waals surface area contributed by atoms with Crippen LogP contribution in [0.2, 0.25) is 0 Å². The molecule has 0 bridgehead atoms. The van der Waals surface area contributed by atoms with Crippen LogP contribution in [-0.2, 0) is 5.41 Å². The molecule has 0 aliphatic heterocycles. The van der Waals surface area contributed by atoms with Gasteiger partial charge in [-0.25, -0.2) is 0 Å². The molecule has 23 heavy (non-hydrogen) atoms. The molecule has 1 unspecified atom stereocenters. The number of hydrogen-bond donors (Lipinski definition) is 5. The van der Waals surface area contributed by atoms with Gasteiger partial charge in [0, 0.05) is 6.04 Å². The predicted octanol–water partition coefficient (Wildman–Crippen LogP) is 1.56. The molecule has 0 aromatic heterocycles. The van der Waals surface area contributed by atoms with Gasteiger partial charge in [0.25, 0.3) is 0 Å². The normalized spacial score (nSPS) is 17.0. The average Bonchev–Trinajstić information content (AvgIpc) is 3.29. The molecule has 1 aromatic rings. The Morgan fingerprint density at radius 2 is 2.04 bits per heavy atom. The summed E-state index contributed by atoms with van der Waals surface area (Å²) in [5.74, 6) is 0.646. The second-order valence-electron chi connectivity index (χ2n) is 7.05. The lowest BCUT2D eigenvalue weighted by molar-refractivity contribution is 0.102. The van der Waals surface area contributed by atoms with Crippen molar-refractivity contribution in [3.63, 3.8) is 0 Å². The molecular formula is C17H27N3O3. The molecule has 0 heterocycles. The summed E-state index contributed by atoms with van der Waals surface area (Å²) in [6, 6.07) is 5.85. The number of anilines is 1. The number of nitrogens with zero attached hydrogens (tertiary/aromatic N) is 1. The van der Waals surface area contributed by atoms with Crippen molar-refractivity contribution in [2.45, 2.75) is 51.2 Å². The first kappa shape index (κ1) is 17.6. The largest absolute Gasteiger partial charge is 0.506 e. The van der Waals surface area contributed by atoms with Crippen molar-refractivity contribution < 1.29 is 15.3 Å². The number of guanidine groups is 1. The van der Waals surface area contributed by atoms with Crippen molar-refractivity contribution in [2.24, 2.45) is 4.99 Å². The molecule has 1 aromatic carbocycles. The molecule has 0 amide bonds. The monoisotopic (exact) mass is 321 g/mol. The summed E-state index contributed by atoms with van der Waals surface area (Å²) in [7, 11) is 0. The lowest BCUT2D eigenvalue weighted by atomic mass is 9.87. The van der Waals surface area contributed by atoms with Gasteiger partial charge in [0.1, 0.15) is 5.75 Å². The molecule has 1 saturated carbocycles. The molecule has 6 heteroatoms. The Morgan fingerprint density at radius 3 is 2.61 bits per heavy atom. The number of hydrogen-bond acceptors (Lipinski definition) is 4. The third-order valence-electron chi connectivity index (χ3n) is 3.70. The maximum Gasteiger partial charge on any atom is 0.196 e. The van der Waals surface area contributed by atoms with Gasteiger partial charge in [-0.1, -0.05) is 26.8 Å². The fraction of sp³-hybridized carbons (Fsp3) is 0.588. The summed E-state index contributed by atoms with van der Waals surface area (Å²) in [6.45, 7) is 6.10. The Balaban J connectivity index is 2.17. The minimum absolute atomic E-state index is 0.0293. The molecule has 0 saturated heterocycles. The van der Waals surface area contributed by atoms with Crippen molar-refractivity contribution in [2.75, 3.05) is 18.5 Å². The highest BCUT2D eigenvalue weighted by atomic mass is 16.3. The summed E-state index contributed by atoms with van der Waals surface area (Å²) < 4.78 is 0. The summed E-state index contributed by atoms with van der Waals surface area (Å²) in [5, 5.41) is 34.8. The number of phenols is 1. The summed E-state index contributed by atoms with van der Waals surface area (Å²) in [4.78, 5) is 4.28. The highest BCUT2D eigenvalue weighted by Crippen LogP contribution is 2.30. The van der Waals surface area contributed by atoms with Crippen LogP contribution in [0.15, 0.2) is 23.2 Å². The van der Waals surface area contributed by atoms with Gasteiger partial charge >= 0.3 is 0 Å². The standard InChI is InChI=1S/C17H27N3O3/c1-17(2,3)11-4-7-15(23)14(8-11)20-16(19-12-5-6-12)18-9-13(22)10-21/h4,7-8,12-13,21-23H,5-6,9-10H2,1-3H3,(H2,18,19,20). The highest BCUT2D eigenvalue weighted by molar-refractivity contribution is 5.95. The van der Waals surface area contributed by atoms with Crippen LogP contribution in [0.3, 0.4) is 0 Å². The quantitative estimate of drug-likeness (QED) is 0.322. The fourth-order valence-corrected chi connectivity index (χ4v) is 2.03. The second kappa shape index (κ2) is 7.19. The first-order valence-electron chi connectivity index (χ1n) is 8.00. The number of rotatable bonds is 5. The van der Waals surface area contributed by atoms with Crippen LogP contribution in [0.1, 0.15) is 39.2 Å². The average molecular weight is 321 g/mol. The van der Waals surface area contributed by atoms with E-state index < -0.39 is 6.10 Å². The maximum atomic E-state index is 10.1. The molecule has 0 spiro atoms. The minimum Gasteiger partial charge on any atom is -0.506 e. The third kappa shape index (κ3) is 5.41. The molecule has 0 radical (unpaired) electrons. The first-order chi connectivity index (χ1) is 10.8. The molecule has 5 N–H and O–H groups in total. The van der Waals surface area contributed by atoms with E-state index in [-0.39, 0.29) is 24.3 Å².